The molecule has 4 nitrogen and oxygen atoms in total. The lowest BCUT2D eigenvalue weighted by Crippen LogP contribution is -2.30. The van der Waals surface area contributed by atoms with Crippen LogP contribution >= 0.6 is 0 Å². The van der Waals surface area contributed by atoms with Crippen LogP contribution in [0.25, 0.3) is 0 Å². The molecule has 0 heterocycles. The topological polar surface area (TPSA) is 66.4 Å². The van der Waals surface area contributed by atoms with Gasteiger partial charge in [-0.25, -0.2) is 17.5 Å². The van der Waals surface area contributed by atoms with E-state index in [2.05, 4.69) is 4.72 Å². The number of hydrogen-bond acceptors (Lipinski definition) is 3. The lowest BCUT2D eigenvalue weighted by atomic mass is 10.2. The normalized spacial score (nSPS) is 13.6. The summed E-state index contributed by atoms with van der Waals surface area (Å²) in [5.74, 6) is -0.773. The monoisotopic (exact) mass is 261 g/mol. The average molecular weight is 261 g/mol. The third-order valence-corrected chi connectivity index (χ3v) is 3.94. The Balaban J connectivity index is 2.93. The second-order valence-corrected chi connectivity index (χ2v) is 5.78. The van der Waals surface area contributed by atoms with E-state index in [1.165, 1.54) is 12.1 Å². The Kier molecular flexibility index (Phi) is 4.62. The smallest absolute Gasteiger partial charge is 0.240 e. The molecule has 1 rings (SSSR count). The fourth-order valence-corrected chi connectivity index (χ4v) is 2.68. The van der Waals surface area contributed by atoms with Crippen molar-refractivity contribution in [3.63, 3.8) is 0 Å². The summed E-state index contributed by atoms with van der Waals surface area (Å²) in [7, 11) is -3.72. The predicted molar refractivity (Wildman–Crippen MR) is 62.6 cm³/mol. The van der Waals surface area contributed by atoms with Crippen LogP contribution in [0.1, 0.15) is 12.5 Å². The highest BCUT2D eigenvalue weighted by Gasteiger charge is 2.18. The van der Waals surface area contributed by atoms with Crippen molar-refractivity contribution in [3.8, 4) is 0 Å². The minimum absolute atomic E-state index is 0.0670. The number of aryl methyl sites for hydroxylation is 1. The molecular formula is C11H16FNO3S. The number of rotatable bonds is 5. The van der Waals surface area contributed by atoms with Gasteiger partial charge in [-0.1, -0.05) is 13.0 Å². The van der Waals surface area contributed by atoms with Crippen LogP contribution in [0.3, 0.4) is 0 Å². The Morgan fingerprint density at radius 1 is 1.47 bits per heavy atom. The first-order valence-corrected chi connectivity index (χ1v) is 6.72. The van der Waals surface area contributed by atoms with Crippen molar-refractivity contribution in [1.29, 1.82) is 0 Å². The Morgan fingerprint density at radius 3 is 2.71 bits per heavy atom. The van der Waals surface area contributed by atoms with E-state index in [9.17, 15) is 12.8 Å². The maximum Gasteiger partial charge on any atom is 0.240 e. The molecule has 17 heavy (non-hydrogen) atoms. The quantitative estimate of drug-likeness (QED) is 0.832. The second-order valence-electron chi connectivity index (χ2n) is 4.05. The van der Waals surface area contributed by atoms with E-state index in [1.54, 1.807) is 13.8 Å². The van der Waals surface area contributed by atoms with Crippen LogP contribution < -0.4 is 4.72 Å². The molecule has 0 aromatic heterocycles. The third-order valence-electron chi connectivity index (χ3n) is 2.37. The van der Waals surface area contributed by atoms with Gasteiger partial charge in [0.25, 0.3) is 0 Å². The minimum atomic E-state index is -3.72. The molecule has 0 aliphatic carbocycles. The number of aliphatic hydroxyl groups is 1. The van der Waals surface area contributed by atoms with Gasteiger partial charge in [-0.15, -0.1) is 0 Å². The summed E-state index contributed by atoms with van der Waals surface area (Å²) in [6.45, 7) is 3.32. The number of nitrogens with one attached hydrogen (secondary N) is 1. The summed E-state index contributed by atoms with van der Waals surface area (Å²) in [6, 6.07) is 3.62. The zero-order valence-electron chi connectivity index (χ0n) is 9.77. The molecule has 1 unspecified atom stereocenters. The Morgan fingerprint density at radius 2 is 2.12 bits per heavy atom. The molecule has 2 N–H and O–H groups in total. The fourth-order valence-electron chi connectivity index (χ4n) is 1.26. The van der Waals surface area contributed by atoms with Crippen LogP contribution in [0.4, 0.5) is 4.39 Å². The summed E-state index contributed by atoms with van der Waals surface area (Å²) >= 11 is 0. The molecule has 1 atom stereocenters. The maximum absolute atomic E-state index is 13.0. The molecule has 6 heteroatoms. The van der Waals surface area contributed by atoms with E-state index >= 15 is 0 Å². The van der Waals surface area contributed by atoms with E-state index in [1.807, 2.05) is 0 Å². The summed E-state index contributed by atoms with van der Waals surface area (Å²) in [4.78, 5) is -0.0670. The van der Waals surface area contributed by atoms with Gasteiger partial charge >= 0.3 is 0 Å². The molecule has 0 saturated heterocycles. The van der Waals surface area contributed by atoms with Gasteiger partial charge in [0.05, 0.1) is 4.90 Å². The van der Waals surface area contributed by atoms with E-state index in [0.717, 1.165) is 6.07 Å². The van der Waals surface area contributed by atoms with E-state index < -0.39 is 15.8 Å². The van der Waals surface area contributed by atoms with Gasteiger partial charge in [0.1, 0.15) is 5.82 Å². The van der Waals surface area contributed by atoms with Crippen LogP contribution in [0.5, 0.6) is 0 Å². The van der Waals surface area contributed by atoms with Gasteiger partial charge < -0.3 is 5.11 Å². The SMILES string of the molecule is Cc1ccc(F)cc1S(=O)(=O)NCC(C)CO. The molecule has 0 aliphatic rings. The van der Waals surface area contributed by atoms with Gasteiger partial charge in [-0.2, -0.15) is 0 Å². The first-order chi connectivity index (χ1) is 7.86. The van der Waals surface area contributed by atoms with Crippen molar-refractivity contribution in [2.24, 2.45) is 5.92 Å². The van der Waals surface area contributed by atoms with Crippen LogP contribution in [0, 0.1) is 18.7 Å². The molecule has 0 saturated carbocycles. The first kappa shape index (κ1) is 14.1. The Bertz CT molecular complexity index is 487. The van der Waals surface area contributed by atoms with Crippen molar-refractivity contribution < 1.29 is 17.9 Å². The van der Waals surface area contributed by atoms with Crippen LogP contribution in [-0.2, 0) is 10.0 Å². The Labute approximate surface area is 101 Å². The first-order valence-electron chi connectivity index (χ1n) is 5.23. The summed E-state index contributed by atoms with van der Waals surface area (Å²) < 4.78 is 39.1. The molecule has 0 bridgehead atoms. The summed E-state index contributed by atoms with van der Waals surface area (Å²) in [5.41, 5.74) is 0.482. The Hall–Kier alpha value is -0.980. The fraction of sp³-hybridized carbons (Fsp3) is 0.455. The van der Waals surface area contributed by atoms with Crippen molar-refractivity contribution in [1.82, 2.24) is 4.72 Å². The van der Waals surface area contributed by atoms with Gasteiger partial charge in [0.2, 0.25) is 10.0 Å². The average Bonchev–Trinajstić information content (AvgIpc) is 2.29. The number of sulfonamides is 1. The third kappa shape index (κ3) is 3.76. The van der Waals surface area contributed by atoms with Gasteiger partial charge in [-0.05, 0) is 30.5 Å². The standard InChI is InChI=1S/C11H16FNO3S/c1-8(7-14)6-13-17(15,16)11-5-10(12)4-3-9(11)2/h3-5,8,13-14H,6-7H2,1-2H3. The number of benzene rings is 1. The van der Waals surface area contributed by atoms with Crippen LogP contribution in [0.2, 0.25) is 0 Å². The lowest BCUT2D eigenvalue weighted by Gasteiger charge is -2.12. The zero-order chi connectivity index (χ0) is 13.1. The summed E-state index contributed by atoms with van der Waals surface area (Å²) in [5, 5.41) is 8.81. The predicted octanol–water partition coefficient (Wildman–Crippen LogP) is 1.04. The van der Waals surface area contributed by atoms with Crippen molar-refractivity contribution in [3.05, 3.63) is 29.6 Å². The van der Waals surface area contributed by atoms with Crippen molar-refractivity contribution in [2.75, 3.05) is 13.2 Å². The maximum atomic E-state index is 13.0. The number of hydrogen-bond donors (Lipinski definition) is 2. The van der Waals surface area contributed by atoms with Crippen molar-refractivity contribution >= 4 is 10.0 Å². The van der Waals surface area contributed by atoms with E-state index in [-0.39, 0.29) is 24.0 Å². The second kappa shape index (κ2) is 5.57. The molecule has 0 aliphatic heterocycles. The molecule has 0 radical (unpaired) electrons. The van der Waals surface area contributed by atoms with Gasteiger partial charge in [-0.3, -0.25) is 0 Å². The molecule has 1 aromatic rings. The highest BCUT2D eigenvalue weighted by Crippen LogP contribution is 2.16. The van der Waals surface area contributed by atoms with Crippen molar-refractivity contribution in [2.45, 2.75) is 18.7 Å². The molecule has 0 fully saturated rings. The molecule has 96 valence electrons. The van der Waals surface area contributed by atoms with Gasteiger partial charge in [0, 0.05) is 13.2 Å². The summed E-state index contributed by atoms with van der Waals surface area (Å²) in [6.07, 6.45) is 0. The highest BCUT2D eigenvalue weighted by molar-refractivity contribution is 7.89. The highest BCUT2D eigenvalue weighted by atomic mass is 32.2. The van der Waals surface area contributed by atoms with Gasteiger partial charge in [0.15, 0.2) is 0 Å². The molecule has 1 aromatic carbocycles. The number of aliphatic hydroxyl groups excluding tert-OH is 1. The minimum Gasteiger partial charge on any atom is -0.396 e. The van der Waals surface area contributed by atoms with E-state index in [4.69, 9.17) is 5.11 Å². The number of halogens is 1. The molecule has 0 amide bonds. The molecule has 0 spiro atoms. The molecular weight excluding hydrogens is 245 g/mol. The van der Waals surface area contributed by atoms with Crippen LogP contribution in [0.15, 0.2) is 23.1 Å². The van der Waals surface area contributed by atoms with Crippen LogP contribution in [-0.4, -0.2) is 26.7 Å². The lowest BCUT2D eigenvalue weighted by molar-refractivity contribution is 0.238. The zero-order valence-corrected chi connectivity index (χ0v) is 10.6. The largest absolute Gasteiger partial charge is 0.396 e. The van der Waals surface area contributed by atoms with E-state index in [0.29, 0.717) is 5.56 Å².